The van der Waals surface area contributed by atoms with Gasteiger partial charge in [0.25, 0.3) is 5.91 Å². The Morgan fingerprint density at radius 2 is 2.32 bits per heavy atom. The first-order chi connectivity index (χ1) is 9.11. The summed E-state index contributed by atoms with van der Waals surface area (Å²) in [7, 11) is 1.78. The average Bonchev–Trinajstić information content (AvgIpc) is 2.99. The van der Waals surface area contributed by atoms with E-state index in [1.54, 1.807) is 23.3 Å². The number of nitrogens with zero attached hydrogens (tertiary/aromatic N) is 3. The van der Waals surface area contributed by atoms with Gasteiger partial charge in [0.05, 0.1) is 6.54 Å². The Labute approximate surface area is 116 Å². The summed E-state index contributed by atoms with van der Waals surface area (Å²) in [6.45, 7) is 4.71. The van der Waals surface area contributed by atoms with Gasteiger partial charge in [0.2, 0.25) is 5.82 Å². The van der Waals surface area contributed by atoms with Gasteiger partial charge in [-0.15, -0.1) is 16.4 Å². The summed E-state index contributed by atoms with van der Waals surface area (Å²) in [6, 6.07) is 2.06. The smallest absolute Gasteiger partial charge is 0.293 e. The minimum atomic E-state index is -0.147. The van der Waals surface area contributed by atoms with Crippen molar-refractivity contribution in [2.75, 3.05) is 7.05 Å². The van der Waals surface area contributed by atoms with Gasteiger partial charge in [-0.1, -0.05) is 6.92 Å². The minimum absolute atomic E-state index is 0.147. The second-order valence-electron chi connectivity index (χ2n) is 4.54. The molecule has 1 N–H and O–H groups in total. The zero-order chi connectivity index (χ0) is 13.8. The molecule has 0 aliphatic heterocycles. The van der Waals surface area contributed by atoms with Gasteiger partial charge >= 0.3 is 0 Å². The van der Waals surface area contributed by atoms with Crippen LogP contribution in [0.2, 0.25) is 0 Å². The van der Waals surface area contributed by atoms with Crippen molar-refractivity contribution in [2.45, 2.75) is 33.2 Å². The van der Waals surface area contributed by atoms with Crippen LogP contribution in [0.4, 0.5) is 0 Å². The van der Waals surface area contributed by atoms with Crippen LogP contribution in [0.1, 0.15) is 40.2 Å². The summed E-state index contributed by atoms with van der Waals surface area (Å²) in [5, 5.41) is 8.83. The number of nitrogens with one attached hydrogen (secondary N) is 1. The van der Waals surface area contributed by atoms with Gasteiger partial charge in [-0.05, 0) is 30.4 Å². The molecule has 2 heterocycles. The largest absolute Gasteiger partial charge is 0.334 e. The number of carbonyl (C=O) groups excluding carboxylic acids is 1. The lowest BCUT2D eigenvalue weighted by Gasteiger charge is -2.14. The Bertz CT molecular complexity index is 560. The van der Waals surface area contributed by atoms with Gasteiger partial charge in [0, 0.05) is 18.3 Å². The molecule has 0 saturated carbocycles. The number of amides is 1. The maximum Gasteiger partial charge on any atom is 0.293 e. The molecule has 2 rings (SSSR count). The lowest BCUT2D eigenvalue weighted by molar-refractivity contribution is 0.0774. The zero-order valence-corrected chi connectivity index (χ0v) is 12.3. The monoisotopic (exact) mass is 278 g/mol. The quantitative estimate of drug-likeness (QED) is 0.913. The van der Waals surface area contributed by atoms with Gasteiger partial charge in [-0.2, -0.15) is 0 Å². The molecule has 0 aliphatic carbocycles. The first-order valence-electron chi connectivity index (χ1n) is 6.31. The van der Waals surface area contributed by atoms with E-state index in [2.05, 4.69) is 35.1 Å². The Morgan fingerprint density at radius 3 is 2.95 bits per heavy atom. The van der Waals surface area contributed by atoms with E-state index in [4.69, 9.17) is 0 Å². The molecule has 0 aliphatic rings. The molecule has 1 amide bonds. The molecule has 0 unspecified atom stereocenters. The SMILES string of the molecule is CCCc1nc(C(=O)N(C)Cc2sccc2C)n[nH]1. The van der Waals surface area contributed by atoms with Gasteiger partial charge < -0.3 is 4.90 Å². The molecule has 0 fully saturated rings. The molecule has 5 nitrogen and oxygen atoms in total. The summed E-state index contributed by atoms with van der Waals surface area (Å²) < 4.78 is 0. The fourth-order valence-electron chi connectivity index (χ4n) is 1.76. The van der Waals surface area contributed by atoms with Crippen LogP contribution in [0.5, 0.6) is 0 Å². The van der Waals surface area contributed by atoms with Crippen molar-refractivity contribution in [1.29, 1.82) is 0 Å². The van der Waals surface area contributed by atoms with Crippen molar-refractivity contribution in [1.82, 2.24) is 20.1 Å². The first kappa shape index (κ1) is 13.7. The minimum Gasteiger partial charge on any atom is -0.334 e. The van der Waals surface area contributed by atoms with E-state index < -0.39 is 0 Å². The molecule has 2 aromatic rings. The van der Waals surface area contributed by atoms with Crippen LogP contribution >= 0.6 is 11.3 Å². The molecule has 0 spiro atoms. The lowest BCUT2D eigenvalue weighted by atomic mass is 10.3. The molecule has 0 saturated heterocycles. The van der Waals surface area contributed by atoms with Crippen molar-refractivity contribution in [3.05, 3.63) is 33.5 Å². The second kappa shape index (κ2) is 5.97. The Kier molecular flexibility index (Phi) is 4.31. The number of aryl methyl sites for hydroxylation is 2. The van der Waals surface area contributed by atoms with Crippen molar-refractivity contribution < 1.29 is 4.79 Å². The van der Waals surface area contributed by atoms with Gasteiger partial charge in [0.15, 0.2) is 0 Å². The highest BCUT2D eigenvalue weighted by molar-refractivity contribution is 7.10. The number of H-pyrrole nitrogens is 1. The van der Waals surface area contributed by atoms with E-state index >= 15 is 0 Å². The number of hydrogen-bond donors (Lipinski definition) is 1. The Morgan fingerprint density at radius 1 is 1.53 bits per heavy atom. The van der Waals surface area contributed by atoms with Gasteiger partial charge in [-0.25, -0.2) is 4.98 Å². The zero-order valence-electron chi connectivity index (χ0n) is 11.4. The number of thiophene rings is 1. The molecule has 2 aromatic heterocycles. The van der Waals surface area contributed by atoms with Crippen LogP contribution in [0.25, 0.3) is 0 Å². The molecule has 6 heteroatoms. The third-order valence-corrected chi connectivity index (χ3v) is 3.91. The molecule has 102 valence electrons. The maximum absolute atomic E-state index is 12.2. The third-order valence-electron chi connectivity index (χ3n) is 2.91. The average molecular weight is 278 g/mol. The molecule has 0 bridgehead atoms. The fourth-order valence-corrected chi connectivity index (χ4v) is 2.72. The fraction of sp³-hybridized carbons (Fsp3) is 0.462. The third kappa shape index (κ3) is 3.20. The van der Waals surface area contributed by atoms with Crippen LogP contribution in [0.3, 0.4) is 0 Å². The highest BCUT2D eigenvalue weighted by Crippen LogP contribution is 2.17. The predicted octanol–water partition coefficient (Wildman–Crippen LogP) is 2.40. The van der Waals surface area contributed by atoms with Crippen LogP contribution in [0.15, 0.2) is 11.4 Å². The number of rotatable bonds is 5. The number of carbonyl (C=O) groups is 1. The van der Waals surface area contributed by atoms with Crippen molar-refractivity contribution in [2.24, 2.45) is 0 Å². The van der Waals surface area contributed by atoms with E-state index in [-0.39, 0.29) is 11.7 Å². The number of aromatic amines is 1. The molecule has 0 radical (unpaired) electrons. The van der Waals surface area contributed by atoms with E-state index in [1.165, 1.54) is 10.4 Å². The second-order valence-corrected chi connectivity index (χ2v) is 5.54. The Hall–Kier alpha value is -1.69. The molecular weight excluding hydrogens is 260 g/mol. The lowest BCUT2D eigenvalue weighted by Crippen LogP contribution is -2.27. The van der Waals surface area contributed by atoms with Crippen LogP contribution in [-0.2, 0) is 13.0 Å². The van der Waals surface area contributed by atoms with E-state index in [0.717, 1.165) is 18.7 Å². The normalized spacial score (nSPS) is 10.7. The van der Waals surface area contributed by atoms with Crippen LogP contribution < -0.4 is 0 Å². The number of aromatic nitrogens is 3. The highest BCUT2D eigenvalue weighted by Gasteiger charge is 2.18. The summed E-state index contributed by atoms with van der Waals surface area (Å²) >= 11 is 1.66. The molecular formula is C13H18N4OS. The summed E-state index contributed by atoms with van der Waals surface area (Å²) in [5.41, 5.74) is 1.21. The summed E-state index contributed by atoms with van der Waals surface area (Å²) in [5.74, 6) is 0.873. The van der Waals surface area contributed by atoms with Crippen LogP contribution in [0, 0.1) is 6.92 Å². The first-order valence-corrected chi connectivity index (χ1v) is 7.19. The number of hydrogen-bond acceptors (Lipinski definition) is 4. The summed E-state index contributed by atoms with van der Waals surface area (Å²) in [4.78, 5) is 19.2. The molecule has 19 heavy (non-hydrogen) atoms. The highest BCUT2D eigenvalue weighted by atomic mass is 32.1. The standard InChI is InChI=1S/C13H18N4OS/c1-4-5-11-14-12(16-15-11)13(18)17(3)8-10-9(2)6-7-19-10/h6-7H,4-5,8H2,1-3H3,(H,14,15,16). The Balaban J connectivity index is 2.04. The van der Waals surface area contributed by atoms with Crippen molar-refractivity contribution >= 4 is 17.2 Å². The molecule has 0 aromatic carbocycles. The topological polar surface area (TPSA) is 61.9 Å². The van der Waals surface area contributed by atoms with Crippen molar-refractivity contribution in [3.8, 4) is 0 Å². The van der Waals surface area contributed by atoms with E-state index in [0.29, 0.717) is 6.54 Å². The van der Waals surface area contributed by atoms with Crippen LogP contribution in [-0.4, -0.2) is 33.0 Å². The van der Waals surface area contributed by atoms with E-state index in [9.17, 15) is 4.79 Å². The van der Waals surface area contributed by atoms with Crippen molar-refractivity contribution in [3.63, 3.8) is 0 Å². The van der Waals surface area contributed by atoms with Gasteiger partial charge in [-0.3, -0.25) is 9.89 Å². The molecule has 0 atom stereocenters. The summed E-state index contributed by atoms with van der Waals surface area (Å²) in [6.07, 6.45) is 1.79. The maximum atomic E-state index is 12.2. The van der Waals surface area contributed by atoms with Gasteiger partial charge in [0.1, 0.15) is 5.82 Å². The van der Waals surface area contributed by atoms with E-state index in [1.807, 2.05) is 5.38 Å². The predicted molar refractivity (Wildman–Crippen MR) is 75.2 cm³/mol.